The number of hydrogen-bond donors (Lipinski definition) is 1. The van der Waals surface area contributed by atoms with Crippen molar-refractivity contribution in [1.82, 2.24) is 0 Å². The van der Waals surface area contributed by atoms with Crippen molar-refractivity contribution >= 4 is 5.69 Å². The fourth-order valence-corrected chi connectivity index (χ4v) is 2.45. The van der Waals surface area contributed by atoms with Gasteiger partial charge in [0.2, 0.25) is 0 Å². The predicted molar refractivity (Wildman–Crippen MR) is 76.4 cm³/mol. The third-order valence-electron chi connectivity index (χ3n) is 3.78. The molecule has 1 atom stereocenters. The van der Waals surface area contributed by atoms with Crippen LogP contribution in [0.5, 0.6) is 5.75 Å². The molecule has 0 saturated carbocycles. The summed E-state index contributed by atoms with van der Waals surface area (Å²) >= 11 is 0. The zero-order chi connectivity index (χ0) is 13.0. The third-order valence-corrected chi connectivity index (χ3v) is 3.78. The number of nitrogens with zero attached hydrogens (tertiary/aromatic N) is 1. The zero-order valence-corrected chi connectivity index (χ0v) is 11.5. The minimum atomic E-state index is 0.572. The van der Waals surface area contributed by atoms with Crippen molar-refractivity contribution in [3.05, 3.63) is 23.8 Å². The maximum absolute atomic E-state index is 5.77. The number of ether oxygens (including phenoxy) is 1. The van der Waals surface area contributed by atoms with Crippen molar-refractivity contribution in [3.63, 3.8) is 0 Å². The number of rotatable bonds is 5. The summed E-state index contributed by atoms with van der Waals surface area (Å²) < 4.78 is 5.64. The van der Waals surface area contributed by atoms with E-state index in [2.05, 4.69) is 37.1 Å². The molecule has 0 amide bonds. The second kappa shape index (κ2) is 6.10. The quantitative estimate of drug-likeness (QED) is 0.869. The van der Waals surface area contributed by atoms with Crippen molar-refractivity contribution in [2.75, 3.05) is 31.6 Å². The lowest BCUT2D eigenvalue weighted by Gasteiger charge is -2.26. The monoisotopic (exact) mass is 248 g/mol. The van der Waals surface area contributed by atoms with E-state index in [9.17, 15) is 0 Å². The molecule has 0 aromatic heterocycles. The summed E-state index contributed by atoms with van der Waals surface area (Å²) in [5, 5.41) is 0. The first kappa shape index (κ1) is 13.2. The topological polar surface area (TPSA) is 38.5 Å². The molecule has 1 aliphatic heterocycles. The van der Waals surface area contributed by atoms with Crippen LogP contribution in [0.3, 0.4) is 0 Å². The van der Waals surface area contributed by atoms with E-state index >= 15 is 0 Å². The highest BCUT2D eigenvalue weighted by atomic mass is 16.5. The zero-order valence-electron chi connectivity index (χ0n) is 11.5. The van der Waals surface area contributed by atoms with Gasteiger partial charge in [0.1, 0.15) is 5.75 Å². The van der Waals surface area contributed by atoms with E-state index in [1.165, 1.54) is 11.3 Å². The Morgan fingerprint density at radius 1 is 1.44 bits per heavy atom. The lowest BCUT2D eigenvalue weighted by molar-refractivity contribution is 0.288. The molecule has 0 bridgehead atoms. The fourth-order valence-electron chi connectivity index (χ4n) is 2.45. The summed E-state index contributed by atoms with van der Waals surface area (Å²) in [5.41, 5.74) is 8.38. The van der Waals surface area contributed by atoms with E-state index < -0.39 is 0 Å². The van der Waals surface area contributed by atoms with Crippen molar-refractivity contribution in [3.8, 4) is 5.75 Å². The number of fused-ring (bicyclic) bond motifs is 1. The molecular formula is C15H24N2O. The van der Waals surface area contributed by atoms with Gasteiger partial charge in [-0.15, -0.1) is 0 Å². The number of anilines is 1. The van der Waals surface area contributed by atoms with Crippen LogP contribution in [-0.2, 0) is 6.42 Å². The molecule has 3 nitrogen and oxygen atoms in total. The van der Waals surface area contributed by atoms with Gasteiger partial charge in [0.15, 0.2) is 0 Å². The van der Waals surface area contributed by atoms with Gasteiger partial charge in [-0.1, -0.05) is 13.3 Å². The largest absolute Gasteiger partial charge is 0.493 e. The predicted octanol–water partition coefficient (Wildman–Crippen LogP) is 2.43. The van der Waals surface area contributed by atoms with Crippen LogP contribution >= 0.6 is 0 Å². The number of aryl methyl sites for hydroxylation is 1. The molecule has 18 heavy (non-hydrogen) atoms. The molecule has 1 heterocycles. The average Bonchev–Trinajstić information content (AvgIpc) is 2.44. The average molecular weight is 248 g/mol. The fraction of sp³-hybridized carbons (Fsp3) is 0.600. The van der Waals surface area contributed by atoms with Crippen LogP contribution in [-0.4, -0.2) is 26.7 Å². The molecule has 1 unspecified atom stereocenters. The molecule has 0 radical (unpaired) electrons. The molecule has 2 N–H and O–H groups in total. The standard InChI is InChI=1S/C15H24N2O/c1-3-12(10-16)11-17(2)14-6-7-15-13(9-14)5-4-8-18-15/h6-7,9,12H,3-5,8,10-11,16H2,1-2H3. The highest BCUT2D eigenvalue weighted by Gasteiger charge is 2.13. The van der Waals surface area contributed by atoms with Gasteiger partial charge in [-0.05, 0) is 49.1 Å². The molecule has 0 fully saturated rings. The molecule has 1 aliphatic rings. The molecule has 1 aromatic rings. The third kappa shape index (κ3) is 2.96. The van der Waals surface area contributed by atoms with Crippen LogP contribution in [0.15, 0.2) is 18.2 Å². The summed E-state index contributed by atoms with van der Waals surface area (Å²) in [6.45, 7) is 4.83. The van der Waals surface area contributed by atoms with Gasteiger partial charge < -0.3 is 15.4 Å². The maximum Gasteiger partial charge on any atom is 0.122 e. The highest BCUT2D eigenvalue weighted by Crippen LogP contribution is 2.29. The molecule has 100 valence electrons. The number of nitrogens with two attached hydrogens (primary N) is 1. The minimum absolute atomic E-state index is 0.572. The summed E-state index contributed by atoms with van der Waals surface area (Å²) in [4.78, 5) is 2.30. The van der Waals surface area contributed by atoms with Gasteiger partial charge in [0, 0.05) is 19.3 Å². The Morgan fingerprint density at radius 2 is 2.28 bits per heavy atom. The maximum atomic E-state index is 5.77. The lowest BCUT2D eigenvalue weighted by Crippen LogP contribution is -2.29. The van der Waals surface area contributed by atoms with Crippen LogP contribution in [0.4, 0.5) is 5.69 Å². The van der Waals surface area contributed by atoms with Gasteiger partial charge in [-0.2, -0.15) is 0 Å². The van der Waals surface area contributed by atoms with Gasteiger partial charge >= 0.3 is 0 Å². The van der Waals surface area contributed by atoms with E-state index in [4.69, 9.17) is 10.5 Å². The Morgan fingerprint density at radius 3 is 3.00 bits per heavy atom. The normalized spacial score (nSPS) is 15.7. The summed E-state index contributed by atoms with van der Waals surface area (Å²) in [5.74, 6) is 1.63. The first-order chi connectivity index (χ1) is 8.74. The van der Waals surface area contributed by atoms with Gasteiger partial charge in [-0.25, -0.2) is 0 Å². The molecule has 1 aromatic carbocycles. The lowest BCUT2D eigenvalue weighted by atomic mass is 10.0. The van der Waals surface area contributed by atoms with E-state index in [1.807, 2.05) is 0 Å². The van der Waals surface area contributed by atoms with Crippen molar-refractivity contribution in [2.45, 2.75) is 26.2 Å². The Kier molecular flexibility index (Phi) is 4.48. The summed E-state index contributed by atoms with van der Waals surface area (Å²) in [6.07, 6.45) is 3.39. The van der Waals surface area contributed by atoms with Crippen LogP contribution in [0.25, 0.3) is 0 Å². The molecule has 3 heteroatoms. The van der Waals surface area contributed by atoms with E-state index in [0.29, 0.717) is 5.92 Å². The van der Waals surface area contributed by atoms with E-state index in [1.54, 1.807) is 0 Å². The Hall–Kier alpha value is -1.22. The number of benzene rings is 1. The van der Waals surface area contributed by atoms with Crippen molar-refractivity contribution in [2.24, 2.45) is 11.7 Å². The summed E-state index contributed by atoms with van der Waals surface area (Å²) in [7, 11) is 2.14. The van der Waals surface area contributed by atoms with Crippen LogP contribution < -0.4 is 15.4 Å². The first-order valence-electron chi connectivity index (χ1n) is 6.91. The molecule has 0 aliphatic carbocycles. The molecule has 0 saturated heterocycles. The minimum Gasteiger partial charge on any atom is -0.493 e. The SMILES string of the molecule is CCC(CN)CN(C)c1ccc2c(c1)CCCO2. The number of hydrogen-bond acceptors (Lipinski definition) is 3. The smallest absolute Gasteiger partial charge is 0.122 e. The molecule has 0 spiro atoms. The Labute approximate surface area is 110 Å². The van der Waals surface area contributed by atoms with Crippen molar-refractivity contribution in [1.29, 1.82) is 0 Å². The second-order valence-corrected chi connectivity index (χ2v) is 5.13. The van der Waals surface area contributed by atoms with Gasteiger partial charge in [0.25, 0.3) is 0 Å². The van der Waals surface area contributed by atoms with Crippen LogP contribution in [0, 0.1) is 5.92 Å². The molecule has 2 rings (SSSR count). The first-order valence-corrected chi connectivity index (χ1v) is 6.91. The van der Waals surface area contributed by atoms with Crippen LogP contribution in [0.1, 0.15) is 25.3 Å². The van der Waals surface area contributed by atoms with Gasteiger partial charge in [0.05, 0.1) is 6.61 Å². The highest BCUT2D eigenvalue weighted by molar-refractivity contribution is 5.53. The van der Waals surface area contributed by atoms with Crippen molar-refractivity contribution < 1.29 is 4.74 Å². The van der Waals surface area contributed by atoms with E-state index in [0.717, 1.165) is 44.7 Å². The second-order valence-electron chi connectivity index (χ2n) is 5.13. The summed E-state index contributed by atoms with van der Waals surface area (Å²) in [6, 6.07) is 6.51. The molecular weight excluding hydrogens is 224 g/mol. The Bertz CT molecular complexity index is 388. The van der Waals surface area contributed by atoms with E-state index in [-0.39, 0.29) is 0 Å². The Balaban J connectivity index is 2.08. The van der Waals surface area contributed by atoms with Crippen LogP contribution in [0.2, 0.25) is 0 Å². The van der Waals surface area contributed by atoms with Gasteiger partial charge in [-0.3, -0.25) is 0 Å².